The molecular formula is C24H54O6S4Si2. The third-order valence-corrected chi connectivity index (χ3v) is 14.3. The van der Waals surface area contributed by atoms with Gasteiger partial charge in [0.05, 0.1) is 20.5 Å². The molecule has 0 amide bonds. The first kappa shape index (κ1) is 37.6. The van der Waals surface area contributed by atoms with Gasteiger partial charge in [-0.3, -0.25) is 0 Å². The summed E-state index contributed by atoms with van der Waals surface area (Å²) in [7, 11) is 9.04. The van der Waals surface area contributed by atoms with Crippen LogP contribution in [0.15, 0.2) is 0 Å². The fourth-order valence-electron chi connectivity index (χ4n) is 3.92. The largest absolute Gasteiger partial charge is 0.367 e. The zero-order valence-corrected chi connectivity index (χ0v) is 31.4. The van der Waals surface area contributed by atoms with E-state index in [4.69, 9.17) is 28.4 Å². The highest BCUT2D eigenvalue weighted by molar-refractivity contribution is 9.26. The van der Waals surface area contributed by atoms with E-state index in [1.807, 2.05) is 49.3 Å². The first-order valence-electron chi connectivity index (χ1n) is 13.8. The molecule has 0 fully saturated rings. The molecule has 2 atom stereocenters. The van der Waals surface area contributed by atoms with Crippen LogP contribution in [0.2, 0.25) is 0 Å². The Hall–Kier alpha value is 1.59. The lowest BCUT2D eigenvalue weighted by Crippen LogP contribution is -2.36. The van der Waals surface area contributed by atoms with Crippen molar-refractivity contribution < 1.29 is 28.4 Å². The molecular weight excluding hydrogens is 569 g/mol. The molecule has 36 heavy (non-hydrogen) atoms. The van der Waals surface area contributed by atoms with Gasteiger partial charge in [-0.25, -0.2) is 0 Å². The molecule has 0 aliphatic carbocycles. The fourth-order valence-corrected chi connectivity index (χ4v) is 12.4. The molecule has 218 valence electrons. The summed E-state index contributed by atoms with van der Waals surface area (Å²) in [5.41, 5.74) is -0.250. The second kappa shape index (κ2) is 24.4. The normalized spacial score (nSPS) is 14.5. The van der Waals surface area contributed by atoms with Crippen molar-refractivity contribution in [1.29, 1.82) is 0 Å². The standard InChI is InChI=1S/C24H54O6S4Si2/c1-7-25-21(17-13-15-19-23(35,27-9-3)28-10-4)31-33-34-32-22(26-8-2)18-14-16-20-24(36,29-11-5)30-12-6/h21-22H,7-20H2,1-6,35-36H3. The van der Waals surface area contributed by atoms with Gasteiger partial charge in [0.25, 0.3) is 0 Å². The van der Waals surface area contributed by atoms with Crippen molar-refractivity contribution in [2.24, 2.45) is 0 Å². The number of rotatable bonds is 27. The average Bonchev–Trinajstić information content (AvgIpc) is 2.82. The zero-order chi connectivity index (χ0) is 27.1. The molecule has 0 spiro atoms. The summed E-state index contributed by atoms with van der Waals surface area (Å²) in [6.07, 6.45) is 8.46. The Morgan fingerprint density at radius 1 is 0.528 bits per heavy atom. The van der Waals surface area contributed by atoms with E-state index in [9.17, 15) is 0 Å². The van der Waals surface area contributed by atoms with Crippen LogP contribution < -0.4 is 0 Å². The van der Waals surface area contributed by atoms with Crippen LogP contribution in [0, 0.1) is 0 Å². The maximum absolute atomic E-state index is 5.99. The Balaban J connectivity index is 4.30. The maximum atomic E-state index is 5.99. The summed E-state index contributed by atoms with van der Waals surface area (Å²) in [6.45, 7) is 16.6. The summed E-state index contributed by atoms with van der Waals surface area (Å²) in [4.78, 5) is 0. The molecule has 0 aromatic carbocycles. The number of hydrogen-bond donors (Lipinski definition) is 0. The molecule has 0 rings (SSSR count). The van der Waals surface area contributed by atoms with Gasteiger partial charge in [0.15, 0.2) is 0 Å². The molecule has 6 nitrogen and oxygen atoms in total. The van der Waals surface area contributed by atoms with Crippen molar-refractivity contribution in [3.63, 3.8) is 0 Å². The van der Waals surface area contributed by atoms with E-state index in [0.29, 0.717) is 26.4 Å². The van der Waals surface area contributed by atoms with Gasteiger partial charge in [-0.1, -0.05) is 0 Å². The van der Waals surface area contributed by atoms with Gasteiger partial charge in [-0.2, -0.15) is 0 Å². The van der Waals surface area contributed by atoms with Gasteiger partial charge in [0.2, 0.25) is 0 Å². The average molecular weight is 623 g/mol. The van der Waals surface area contributed by atoms with Gasteiger partial charge in [0, 0.05) is 39.6 Å². The van der Waals surface area contributed by atoms with Crippen molar-refractivity contribution in [3.8, 4) is 0 Å². The Labute approximate surface area is 243 Å². The van der Waals surface area contributed by atoms with Gasteiger partial charge >= 0.3 is 0 Å². The molecule has 0 bridgehead atoms. The predicted molar refractivity (Wildman–Crippen MR) is 170 cm³/mol. The van der Waals surface area contributed by atoms with E-state index in [1.165, 1.54) is 0 Å². The highest BCUT2D eigenvalue weighted by atomic mass is 33.7. The van der Waals surface area contributed by atoms with Gasteiger partial charge in [0.1, 0.15) is 21.7 Å². The molecule has 0 radical (unpaired) electrons. The van der Waals surface area contributed by atoms with Crippen LogP contribution in [-0.4, -0.2) is 81.8 Å². The molecule has 0 aliphatic rings. The van der Waals surface area contributed by atoms with Crippen LogP contribution in [0.5, 0.6) is 0 Å². The van der Waals surface area contributed by atoms with Crippen LogP contribution in [0.3, 0.4) is 0 Å². The minimum Gasteiger partial charge on any atom is -0.367 e. The fraction of sp³-hybridized carbons (Fsp3) is 1.00. The molecule has 12 heteroatoms. The topological polar surface area (TPSA) is 55.4 Å². The summed E-state index contributed by atoms with van der Waals surface area (Å²) in [6, 6.07) is 0. The molecule has 0 heterocycles. The molecule has 0 aromatic rings. The minimum atomic E-state index is -0.333. The van der Waals surface area contributed by atoms with Crippen LogP contribution in [0.4, 0.5) is 0 Å². The molecule has 0 N–H and O–H groups in total. The minimum absolute atomic E-state index is 0.209. The Morgan fingerprint density at radius 3 is 1.14 bits per heavy atom. The zero-order valence-electron chi connectivity index (χ0n) is 24.1. The highest BCUT2D eigenvalue weighted by Gasteiger charge is 2.25. The van der Waals surface area contributed by atoms with Crippen molar-refractivity contribution >= 4 is 61.7 Å². The summed E-state index contributed by atoms with van der Waals surface area (Å²) in [5.74, 6) is 0. The lowest BCUT2D eigenvalue weighted by atomic mass is 10.2. The lowest BCUT2D eigenvalue weighted by molar-refractivity contribution is -0.177. The lowest BCUT2D eigenvalue weighted by Gasteiger charge is -2.30. The SMILES string of the molecule is CCOC(CCCCC([SiH3])(OCC)OCC)SSSSC(CCCCC([SiH3])(OCC)OCC)OCC. The van der Waals surface area contributed by atoms with Gasteiger partial charge in [-0.05, 0) is 134 Å². The summed E-state index contributed by atoms with van der Waals surface area (Å²) < 4.78 is 35.5. The van der Waals surface area contributed by atoms with Gasteiger partial charge < -0.3 is 28.4 Å². The molecule has 2 unspecified atom stereocenters. The predicted octanol–water partition coefficient (Wildman–Crippen LogP) is 5.69. The van der Waals surface area contributed by atoms with Gasteiger partial charge in [-0.15, -0.1) is 0 Å². The van der Waals surface area contributed by atoms with E-state index >= 15 is 0 Å². The first-order valence-corrected chi connectivity index (χ1v) is 20.7. The third kappa shape index (κ3) is 19.6. The second-order valence-electron chi connectivity index (χ2n) is 8.59. The Morgan fingerprint density at radius 2 is 0.861 bits per heavy atom. The van der Waals surface area contributed by atoms with Crippen LogP contribution in [-0.2, 0) is 28.4 Å². The van der Waals surface area contributed by atoms with Crippen molar-refractivity contribution in [1.82, 2.24) is 0 Å². The van der Waals surface area contributed by atoms with Crippen molar-refractivity contribution in [2.45, 2.75) is 115 Å². The monoisotopic (exact) mass is 622 g/mol. The molecule has 0 aliphatic heterocycles. The van der Waals surface area contributed by atoms with E-state index in [-0.39, 0.29) is 21.7 Å². The number of hydrogen-bond acceptors (Lipinski definition) is 10. The smallest absolute Gasteiger partial charge is 0.141 e. The summed E-state index contributed by atoms with van der Waals surface area (Å²) in [5, 5.41) is 0. The molecule has 0 aromatic heterocycles. The maximum Gasteiger partial charge on any atom is 0.141 e. The summed E-state index contributed by atoms with van der Waals surface area (Å²) >= 11 is 0. The number of unbranched alkanes of at least 4 members (excludes halogenated alkanes) is 2. The number of ether oxygens (including phenoxy) is 6. The molecule has 0 saturated heterocycles. The second-order valence-corrected chi connectivity index (χ2v) is 17.8. The molecule has 0 saturated carbocycles. The van der Waals surface area contributed by atoms with E-state index in [1.54, 1.807) is 19.7 Å². The van der Waals surface area contributed by atoms with E-state index < -0.39 is 0 Å². The third-order valence-electron chi connectivity index (χ3n) is 5.47. The van der Waals surface area contributed by atoms with Crippen molar-refractivity contribution in [2.75, 3.05) is 39.6 Å². The van der Waals surface area contributed by atoms with E-state index in [2.05, 4.69) is 13.8 Å². The van der Waals surface area contributed by atoms with Crippen LogP contribution in [0.25, 0.3) is 0 Å². The van der Waals surface area contributed by atoms with E-state index in [0.717, 1.165) is 85.1 Å². The quantitative estimate of drug-likeness (QED) is 0.0494. The Kier molecular flexibility index (Phi) is 25.5. The van der Waals surface area contributed by atoms with Crippen LogP contribution >= 0.6 is 41.2 Å². The van der Waals surface area contributed by atoms with Crippen LogP contribution in [0.1, 0.15) is 92.9 Å². The highest BCUT2D eigenvalue weighted by Crippen LogP contribution is 2.48. The Bertz CT molecular complexity index is 446. The first-order chi connectivity index (χ1) is 17.3. The van der Waals surface area contributed by atoms with Crippen molar-refractivity contribution in [3.05, 3.63) is 0 Å².